The molecule has 1 aromatic carbocycles. The molecule has 138 valence electrons. The van der Waals surface area contributed by atoms with E-state index in [1.807, 2.05) is 12.1 Å². The number of hydrogen-bond acceptors (Lipinski definition) is 3. The minimum atomic E-state index is 0. The van der Waals surface area contributed by atoms with E-state index in [-0.39, 0.29) is 24.0 Å². The fraction of sp³-hybridized carbons (Fsp3) is 0.611. The third-order valence-electron chi connectivity index (χ3n) is 3.83. The van der Waals surface area contributed by atoms with E-state index >= 15 is 0 Å². The van der Waals surface area contributed by atoms with Crippen molar-refractivity contribution in [2.24, 2.45) is 4.99 Å². The summed E-state index contributed by atoms with van der Waals surface area (Å²) in [6, 6.07) is 9.14. The lowest BCUT2D eigenvalue weighted by atomic mass is 10.2. The van der Waals surface area contributed by atoms with Crippen LogP contribution in [0.5, 0.6) is 5.75 Å². The Kier molecular flexibility index (Phi) is 11.8. The van der Waals surface area contributed by atoms with Crippen molar-refractivity contribution in [3.63, 3.8) is 0 Å². The Morgan fingerprint density at radius 2 is 1.67 bits per heavy atom. The number of ether oxygens (including phenoxy) is 1. The molecule has 0 unspecified atom stereocenters. The number of halogens is 1. The van der Waals surface area contributed by atoms with Crippen LogP contribution in [-0.2, 0) is 6.54 Å². The van der Waals surface area contributed by atoms with E-state index in [9.17, 15) is 0 Å². The first-order valence-corrected chi connectivity index (χ1v) is 8.31. The van der Waals surface area contributed by atoms with E-state index in [1.165, 1.54) is 5.56 Å². The van der Waals surface area contributed by atoms with Gasteiger partial charge in [0.2, 0.25) is 0 Å². The van der Waals surface area contributed by atoms with Crippen molar-refractivity contribution < 1.29 is 4.74 Å². The number of hydrogen-bond donors (Lipinski definition) is 2. The Bertz CT molecular complexity index is 466. The summed E-state index contributed by atoms with van der Waals surface area (Å²) in [6.07, 6.45) is 0. The van der Waals surface area contributed by atoms with Gasteiger partial charge in [-0.2, -0.15) is 0 Å². The molecule has 0 amide bonds. The lowest BCUT2D eigenvalue weighted by Crippen LogP contribution is -2.45. The molecule has 0 heterocycles. The van der Waals surface area contributed by atoms with Crippen molar-refractivity contribution in [2.45, 2.75) is 46.3 Å². The van der Waals surface area contributed by atoms with Gasteiger partial charge in [0, 0.05) is 38.8 Å². The molecule has 6 heteroatoms. The summed E-state index contributed by atoms with van der Waals surface area (Å²) >= 11 is 0. The summed E-state index contributed by atoms with van der Waals surface area (Å²) in [6.45, 7) is 11.5. The Balaban J connectivity index is 0.00000529. The van der Waals surface area contributed by atoms with Gasteiger partial charge in [-0.05, 0) is 45.4 Å². The fourth-order valence-electron chi connectivity index (χ4n) is 2.57. The largest absolute Gasteiger partial charge is 0.497 e. The predicted molar refractivity (Wildman–Crippen MR) is 114 cm³/mol. The number of aliphatic imine (C=N–C) groups is 1. The topological polar surface area (TPSA) is 48.9 Å². The summed E-state index contributed by atoms with van der Waals surface area (Å²) in [7, 11) is 3.47. The van der Waals surface area contributed by atoms with Crippen molar-refractivity contribution in [2.75, 3.05) is 27.2 Å². The highest BCUT2D eigenvalue weighted by Crippen LogP contribution is 2.10. The van der Waals surface area contributed by atoms with Gasteiger partial charge in [0.15, 0.2) is 5.96 Å². The zero-order chi connectivity index (χ0) is 17.2. The maximum absolute atomic E-state index is 5.17. The van der Waals surface area contributed by atoms with Crippen LogP contribution in [-0.4, -0.2) is 50.2 Å². The third-order valence-corrected chi connectivity index (χ3v) is 3.83. The van der Waals surface area contributed by atoms with Gasteiger partial charge in [0.1, 0.15) is 5.75 Å². The van der Waals surface area contributed by atoms with Crippen molar-refractivity contribution in [3.8, 4) is 5.75 Å². The predicted octanol–water partition coefficient (Wildman–Crippen LogP) is 3.10. The summed E-state index contributed by atoms with van der Waals surface area (Å²) in [5, 5.41) is 6.71. The van der Waals surface area contributed by atoms with Crippen LogP contribution in [0.4, 0.5) is 0 Å². The van der Waals surface area contributed by atoms with E-state index in [4.69, 9.17) is 4.74 Å². The van der Waals surface area contributed by atoms with Gasteiger partial charge in [-0.15, -0.1) is 24.0 Å². The molecular weight excluding hydrogens is 415 g/mol. The fourth-order valence-corrected chi connectivity index (χ4v) is 2.57. The quantitative estimate of drug-likeness (QED) is 0.365. The minimum Gasteiger partial charge on any atom is -0.497 e. The number of nitrogens with one attached hydrogen (secondary N) is 2. The molecule has 0 aromatic heterocycles. The molecule has 0 aliphatic rings. The number of nitrogens with zero attached hydrogens (tertiary/aromatic N) is 2. The van der Waals surface area contributed by atoms with Gasteiger partial charge >= 0.3 is 0 Å². The zero-order valence-corrected chi connectivity index (χ0v) is 18.1. The minimum absolute atomic E-state index is 0. The summed E-state index contributed by atoms with van der Waals surface area (Å²) in [4.78, 5) is 6.74. The third kappa shape index (κ3) is 8.19. The van der Waals surface area contributed by atoms with Gasteiger partial charge in [0.05, 0.1) is 7.11 Å². The van der Waals surface area contributed by atoms with Crippen molar-refractivity contribution in [1.82, 2.24) is 15.5 Å². The maximum Gasteiger partial charge on any atom is 0.191 e. The molecule has 1 aromatic rings. The molecule has 0 spiro atoms. The molecule has 5 nitrogen and oxygen atoms in total. The first kappa shape index (κ1) is 23.0. The smallest absolute Gasteiger partial charge is 0.191 e. The molecule has 0 bridgehead atoms. The first-order chi connectivity index (χ1) is 11.0. The molecular formula is C18H33IN4O. The number of rotatable bonds is 8. The van der Waals surface area contributed by atoms with Crippen LogP contribution >= 0.6 is 24.0 Å². The van der Waals surface area contributed by atoms with Crippen LogP contribution in [0.1, 0.15) is 33.3 Å². The molecule has 0 fully saturated rings. The Morgan fingerprint density at radius 1 is 1.08 bits per heavy atom. The molecule has 0 atom stereocenters. The molecule has 1 rings (SSSR count). The van der Waals surface area contributed by atoms with E-state index in [2.05, 4.69) is 60.4 Å². The number of methoxy groups -OCH3 is 1. The van der Waals surface area contributed by atoms with Crippen LogP contribution in [0.3, 0.4) is 0 Å². The molecule has 24 heavy (non-hydrogen) atoms. The Hall–Kier alpha value is -1.02. The number of guanidine groups is 1. The molecule has 0 saturated carbocycles. The lowest BCUT2D eigenvalue weighted by molar-refractivity contribution is 0.178. The zero-order valence-electron chi connectivity index (χ0n) is 15.8. The highest BCUT2D eigenvalue weighted by Gasteiger charge is 2.12. The lowest BCUT2D eigenvalue weighted by Gasteiger charge is -2.30. The molecule has 0 saturated heterocycles. The van der Waals surface area contributed by atoms with Crippen LogP contribution in [0.25, 0.3) is 0 Å². The summed E-state index contributed by atoms with van der Waals surface area (Å²) in [5.74, 6) is 1.70. The van der Waals surface area contributed by atoms with E-state index in [0.29, 0.717) is 12.1 Å². The van der Waals surface area contributed by atoms with Crippen LogP contribution in [0, 0.1) is 0 Å². The van der Waals surface area contributed by atoms with Crippen LogP contribution in [0.15, 0.2) is 29.3 Å². The molecule has 0 radical (unpaired) electrons. The average Bonchev–Trinajstić information content (AvgIpc) is 2.54. The Morgan fingerprint density at radius 3 is 2.12 bits per heavy atom. The SMILES string of the molecule is CN=C(NCCN(C(C)C)C(C)C)NCc1ccc(OC)cc1.I. The van der Waals surface area contributed by atoms with Gasteiger partial charge < -0.3 is 15.4 Å². The highest BCUT2D eigenvalue weighted by atomic mass is 127. The monoisotopic (exact) mass is 448 g/mol. The average molecular weight is 448 g/mol. The standard InChI is InChI=1S/C18H32N4O.HI/c1-14(2)22(15(3)4)12-11-20-18(19-5)21-13-16-7-9-17(23-6)10-8-16;/h7-10,14-15H,11-13H2,1-6H3,(H2,19,20,21);1H. The first-order valence-electron chi connectivity index (χ1n) is 8.31. The van der Waals surface area contributed by atoms with Crippen LogP contribution in [0.2, 0.25) is 0 Å². The van der Waals surface area contributed by atoms with Gasteiger partial charge in [-0.25, -0.2) is 0 Å². The number of benzene rings is 1. The van der Waals surface area contributed by atoms with Crippen LogP contribution < -0.4 is 15.4 Å². The van der Waals surface area contributed by atoms with Gasteiger partial charge in [-0.3, -0.25) is 9.89 Å². The van der Waals surface area contributed by atoms with E-state index in [1.54, 1.807) is 14.2 Å². The molecule has 0 aliphatic heterocycles. The second-order valence-corrected chi connectivity index (χ2v) is 6.13. The Labute approximate surface area is 164 Å². The van der Waals surface area contributed by atoms with E-state index in [0.717, 1.165) is 31.3 Å². The van der Waals surface area contributed by atoms with E-state index < -0.39 is 0 Å². The van der Waals surface area contributed by atoms with Gasteiger partial charge in [0.25, 0.3) is 0 Å². The normalized spacial score (nSPS) is 11.6. The molecule has 0 aliphatic carbocycles. The van der Waals surface area contributed by atoms with Crippen molar-refractivity contribution in [1.29, 1.82) is 0 Å². The maximum atomic E-state index is 5.17. The second-order valence-electron chi connectivity index (χ2n) is 6.13. The van der Waals surface area contributed by atoms with Crippen molar-refractivity contribution >= 4 is 29.9 Å². The summed E-state index contributed by atoms with van der Waals surface area (Å²) in [5.41, 5.74) is 1.19. The highest BCUT2D eigenvalue weighted by molar-refractivity contribution is 14.0. The second kappa shape index (κ2) is 12.4. The summed E-state index contributed by atoms with van der Waals surface area (Å²) < 4.78 is 5.17. The van der Waals surface area contributed by atoms with Gasteiger partial charge in [-0.1, -0.05) is 12.1 Å². The van der Waals surface area contributed by atoms with Crippen molar-refractivity contribution in [3.05, 3.63) is 29.8 Å². The molecule has 2 N–H and O–H groups in total.